The lowest BCUT2D eigenvalue weighted by Crippen LogP contribution is -2.36. The largest absolute Gasteiger partial charge is 0.326 e. The molecule has 1 N–H and O–H groups in total. The molecule has 3 aromatic rings. The minimum atomic E-state index is -0.177. The number of hydrogen-bond acceptors (Lipinski definition) is 2. The Morgan fingerprint density at radius 1 is 1.16 bits per heavy atom. The Kier molecular flexibility index (Phi) is 4.48. The van der Waals surface area contributed by atoms with E-state index in [4.69, 9.17) is 0 Å². The smallest absolute Gasteiger partial charge is 0.306 e. The van der Waals surface area contributed by atoms with Gasteiger partial charge < -0.3 is 4.98 Å². The average Bonchev–Trinajstić information content (AvgIpc) is 2.94. The molecule has 0 aliphatic carbocycles. The maximum atomic E-state index is 14.0. The van der Waals surface area contributed by atoms with Crippen molar-refractivity contribution >= 4 is 27.0 Å². The van der Waals surface area contributed by atoms with E-state index in [1.54, 1.807) is 0 Å². The normalized spacial score (nSPS) is 16.6. The Morgan fingerprint density at radius 3 is 2.68 bits per heavy atom. The summed E-state index contributed by atoms with van der Waals surface area (Å²) in [4.78, 5) is 17.5. The number of aromatic nitrogens is 2. The fourth-order valence-electron chi connectivity index (χ4n) is 3.66. The average molecular weight is 404 g/mol. The maximum absolute atomic E-state index is 14.0. The maximum Gasteiger partial charge on any atom is 0.326 e. The van der Waals surface area contributed by atoms with Crippen LogP contribution in [-0.4, -0.2) is 27.5 Å². The third kappa shape index (κ3) is 3.28. The highest BCUT2D eigenvalue weighted by Crippen LogP contribution is 2.26. The molecule has 0 amide bonds. The van der Waals surface area contributed by atoms with E-state index in [0.29, 0.717) is 12.1 Å². The van der Waals surface area contributed by atoms with Crippen molar-refractivity contribution in [2.75, 3.05) is 13.1 Å². The molecule has 1 fully saturated rings. The molecule has 0 saturated carbocycles. The number of rotatable bonds is 3. The van der Waals surface area contributed by atoms with Crippen LogP contribution in [0.1, 0.15) is 24.4 Å². The lowest BCUT2D eigenvalue weighted by atomic mass is 10.0. The van der Waals surface area contributed by atoms with Crippen LogP contribution in [0.3, 0.4) is 0 Å². The van der Waals surface area contributed by atoms with Gasteiger partial charge in [0.15, 0.2) is 0 Å². The van der Waals surface area contributed by atoms with Crippen LogP contribution in [0.15, 0.2) is 51.7 Å². The summed E-state index contributed by atoms with van der Waals surface area (Å²) in [7, 11) is 0. The number of aromatic amines is 1. The van der Waals surface area contributed by atoms with Crippen LogP contribution >= 0.6 is 15.9 Å². The van der Waals surface area contributed by atoms with Crippen LogP contribution in [0, 0.1) is 5.82 Å². The highest BCUT2D eigenvalue weighted by atomic mass is 79.9. The molecule has 0 radical (unpaired) electrons. The Morgan fingerprint density at radius 2 is 1.92 bits per heavy atom. The summed E-state index contributed by atoms with van der Waals surface area (Å²) in [5.41, 5.74) is 2.52. The molecule has 25 heavy (non-hydrogen) atoms. The molecule has 0 spiro atoms. The Hall–Kier alpha value is -1.92. The third-order valence-electron chi connectivity index (χ3n) is 4.96. The van der Waals surface area contributed by atoms with Crippen molar-refractivity contribution in [3.8, 4) is 0 Å². The summed E-state index contributed by atoms with van der Waals surface area (Å²) in [5.74, 6) is -0.177. The van der Waals surface area contributed by atoms with E-state index < -0.39 is 0 Å². The molecule has 0 unspecified atom stereocenters. The molecule has 0 atom stereocenters. The number of likely N-dealkylation sites (tertiary alicyclic amines) is 1. The predicted molar refractivity (Wildman–Crippen MR) is 100 cm³/mol. The van der Waals surface area contributed by atoms with Crippen molar-refractivity contribution in [2.45, 2.75) is 25.4 Å². The van der Waals surface area contributed by atoms with Gasteiger partial charge in [-0.15, -0.1) is 0 Å². The van der Waals surface area contributed by atoms with Gasteiger partial charge in [-0.2, -0.15) is 0 Å². The molecule has 6 heteroatoms. The predicted octanol–water partition coefficient (Wildman–Crippen LogP) is 4.07. The summed E-state index contributed by atoms with van der Waals surface area (Å²) in [6.07, 6.45) is 1.78. The highest BCUT2D eigenvalue weighted by Gasteiger charge is 2.24. The first-order valence-electron chi connectivity index (χ1n) is 8.47. The summed E-state index contributed by atoms with van der Waals surface area (Å²) in [6.45, 7) is 2.31. The van der Waals surface area contributed by atoms with Crippen molar-refractivity contribution in [3.63, 3.8) is 0 Å². The molecule has 0 bridgehead atoms. The number of benzene rings is 2. The van der Waals surface area contributed by atoms with Crippen molar-refractivity contribution in [1.29, 1.82) is 0 Å². The first kappa shape index (κ1) is 16.5. The van der Waals surface area contributed by atoms with Gasteiger partial charge in [0.2, 0.25) is 0 Å². The highest BCUT2D eigenvalue weighted by molar-refractivity contribution is 9.10. The first-order chi connectivity index (χ1) is 12.1. The fraction of sp³-hybridized carbons (Fsp3) is 0.316. The lowest BCUT2D eigenvalue weighted by Gasteiger charge is -2.32. The fourth-order valence-corrected chi connectivity index (χ4v) is 4.00. The molecule has 4 nitrogen and oxygen atoms in total. The zero-order valence-corrected chi connectivity index (χ0v) is 15.3. The third-order valence-corrected chi connectivity index (χ3v) is 5.45. The minimum Gasteiger partial charge on any atom is -0.306 e. The second kappa shape index (κ2) is 6.77. The molecule has 1 aliphatic heterocycles. The van der Waals surface area contributed by atoms with Gasteiger partial charge >= 0.3 is 5.69 Å². The quantitative estimate of drug-likeness (QED) is 0.715. The Bertz CT molecular complexity index is 957. The summed E-state index contributed by atoms with van der Waals surface area (Å²) >= 11 is 3.29. The molecule has 1 saturated heterocycles. The minimum absolute atomic E-state index is 0.0430. The van der Waals surface area contributed by atoms with E-state index in [9.17, 15) is 9.18 Å². The molecule has 1 aliphatic rings. The van der Waals surface area contributed by atoms with Crippen molar-refractivity contribution in [2.24, 2.45) is 0 Å². The van der Waals surface area contributed by atoms with Gasteiger partial charge in [-0.25, -0.2) is 9.18 Å². The zero-order chi connectivity index (χ0) is 17.4. The molecular weight excluding hydrogens is 385 g/mol. The number of halogens is 2. The zero-order valence-electron chi connectivity index (χ0n) is 13.7. The number of fused-ring (bicyclic) bond motifs is 1. The SMILES string of the molecule is O=c1[nH]c2ccccc2n1C1CCN(Cc2ccc(Br)cc2F)CC1. The molecular formula is C19H19BrFN3O. The van der Waals surface area contributed by atoms with E-state index in [2.05, 4.69) is 25.8 Å². The van der Waals surface area contributed by atoms with Crippen molar-refractivity contribution in [3.05, 3.63) is 68.8 Å². The van der Waals surface area contributed by atoms with E-state index >= 15 is 0 Å². The molecule has 2 heterocycles. The summed E-state index contributed by atoms with van der Waals surface area (Å²) in [5, 5.41) is 0. The Balaban J connectivity index is 1.48. The van der Waals surface area contributed by atoms with Crippen molar-refractivity contribution in [1.82, 2.24) is 14.5 Å². The van der Waals surface area contributed by atoms with Crippen LogP contribution in [0.2, 0.25) is 0 Å². The van der Waals surface area contributed by atoms with Crippen molar-refractivity contribution < 1.29 is 4.39 Å². The monoisotopic (exact) mass is 403 g/mol. The number of H-pyrrole nitrogens is 1. The summed E-state index contributed by atoms with van der Waals surface area (Å²) < 4.78 is 16.7. The number of piperidine rings is 1. The Labute approximate surface area is 153 Å². The van der Waals surface area contributed by atoms with Gasteiger partial charge in [-0.05, 0) is 37.1 Å². The number of para-hydroxylation sites is 2. The van der Waals surface area contributed by atoms with Crippen LogP contribution in [-0.2, 0) is 6.54 Å². The van der Waals surface area contributed by atoms with E-state index in [0.717, 1.165) is 41.4 Å². The molecule has 2 aromatic carbocycles. The number of nitrogens with zero attached hydrogens (tertiary/aromatic N) is 2. The number of imidazole rings is 1. The molecule has 4 rings (SSSR count). The standard InChI is InChI=1S/C19H19BrFN3O/c20-14-6-5-13(16(21)11-14)12-23-9-7-15(8-10-23)24-18-4-2-1-3-17(18)22-19(24)25/h1-6,11,15H,7-10,12H2,(H,22,25). The van der Waals surface area contributed by atoms with Gasteiger partial charge in [0.1, 0.15) is 5.82 Å². The number of nitrogens with one attached hydrogen (secondary N) is 1. The van der Waals surface area contributed by atoms with Gasteiger partial charge in [-0.1, -0.05) is 34.1 Å². The van der Waals surface area contributed by atoms with Crippen LogP contribution in [0.25, 0.3) is 11.0 Å². The van der Waals surface area contributed by atoms with Gasteiger partial charge in [0.05, 0.1) is 11.0 Å². The van der Waals surface area contributed by atoms with Crippen LogP contribution in [0.5, 0.6) is 0 Å². The summed E-state index contributed by atoms with van der Waals surface area (Å²) in [6, 6.07) is 13.2. The van der Waals surface area contributed by atoms with Crippen LogP contribution < -0.4 is 5.69 Å². The topological polar surface area (TPSA) is 41.0 Å². The van der Waals surface area contributed by atoms with E-state index in [1.807, 2.05) is 41.0 Å². The molecule has 130 valence electrons. The molecule has 1 aromatic heterocycles. The second-order valence-electron chi connectivity index (χ2n) is 6.56. The van der Waals surface area contributed by atoms with Gasteiger partial charge in [0, 0.05) is 35.7 Å². The lowest BCUT2D eigenvalue weighted by molar-refractivity contribution is 0.178. The van der Waals surface area contributed by atoms with Gasteiger partial charge in [0.25, 0.3) is 0 Å². The second-order valence-corrected chi connectivity index (χ2v) is 7.48. The van der Waals surface area contributed by atoms with E-state index in [1.165, 1.54) is 6.07 Å². The van der Waals surface area contributed by atoms with Gasteiger partial charge in [-0.3, -0.25) is 9.47 Å². The van der Waals surface area contributed by atoms with E-state index in [-0.39, 0.29) is 17.5 Å². The first-order valence-corrected chi connectivity index (χ1v) is 9.26. The number of hydrogen-bond donors (Lipinski definition) is 1. The van der Waals surface area contributed by atoms with Crippen LogP contribution in [0.4, 0.5) is 4.39 Å².